The second-order valence-electron chi connectivity index (χ2n) is 3.91. The van der Waals surface area contributed by atoms with Gasteiger partial charge in [0.25, 0.3) is 0 Å². The molecular formula is C15H11FN2O2. The zero-order valence-electron chi connectivity index (χ0n) is 10.5. The summed E-state index contributed by atoms with van der Waals surface area (Å²) < 4.78 is 19.0. The first-order chi connectivity index (χ1) is 9.70. The highest BCUT2D eigenvalue weighted by Crippen LogP contribution is 2.30. The Labute approximate surface area is 115 Å². The predicted molar refractivity (Wildman–Crippen MR) is 71.8 cm³/mol. The van der Waals surface area contributed by atoms with Gasteiger partial charge < -0.3 is 10.1 Å². The van der Waals surface area contributed by atoms with Gasteiger partial charge in [0.1, 0.15) is 6.42 Å². The zero-order valence-corrected chi connectivity index (χ0v) is 10.5. The molecule has 2 aromatic rings. The third kappa shape index (κ3) is 3.33. The molecule has 0 saturated heterocycles. The lowest BCUT2D eigenvalue weighted by Crippen LogP contribution is -2.10. The summed E-state index contributed by atoms with van der Waals surface area (Å²) in [4.78, 5) is 11.4. The summed E-state index contributed by atoms with van der Waals surface area (Å²) in [6, 6.07) is 14.4. The van der Waals surface area contributed by atoms with E-state index in [0.717, 1.165) is 0 Å². The van der Waals surface area contributed by atoms with Gasteiger partial charge in [0.15, 0.2) is 17.3 Å². The SMILES string of the molecule is N#CCC(=O)Nc1ccccc1Oc1ccccc1F. The summed E-state index contributed by atoms with van der Waals surface area (Å²) in [5.41, 5.74) is 0.385. The molecule has 0 fully saturated rings. The molecule has 0 radical (unpaired) electrons. The van der Waals surface area contributed by atoms with E-state index >= 15 is 0 Å². The first-order valence-electron chi connectivity index (χ1n) is 5.89. The van der Waals surface area contributed by atoms with Crippen LogP contribution in [0.25, 0.3) is 0 Å². The van der Waals surface area contributed by atoms with Gasteiger partial charge in [-0.05, 0) is 24.3 Å². The van der Waals surface area contributed by atoms with Crippen LogP contribution in [0, 0.1) is 17.1 Å². The molecule has 0 aliphatic carbocycles. The quantitative estimate of drug-likeness (QED) is 0.925. The Hall–Kier alpha value is -2.87. The number of nitriles is 1. The Bertz CT molecular complexity index is 665. The molecular weight excluding hydrogens is 259 g/mol. The number of ether oxygens (including phenoxy) is 1. The summed E-state index contributed by atoms with van der Waals surface area (Å²) >= 11 is 0. The van der Waals surface area contributed by atoms with E-state index in [1.807, 2.05) is 0 Å². The molecule has 0 atom stereocenters. The van der Waals surface area contributed by atoms with Crippen LogP contribution < -0.4 is 10.1 Å². The van der Waals surface area contributed by atoms with Crippen LogP contribution in [0.3, 0.4) is 0 Å². The fraction of sp³-hybridized carbons (Fsp3) is 0.0667. The molecule has 5 heteroatoms. The summed E-state index contributed by atoms with van der Waals surface area (Å²) in [6.45, 7) is 0. The van der Waals surface area contributed by atoms with E-state index in [1.165, 1.54) is 12.1 Å². The lowest BCUT2D eigenvalue weighted by atomic mass is 10.2. The summed E-state index contributed by atoms with van der Waals surface area (Å²) in [7, 11) is 0. The molecule has 0 aromatic heterocycles. The number of nitrogens with one attached hydrogen (secondary N) is 1. The van der Waals surface area contributed by atoms with Crippen LogP contribution in [0.1, 0.15) is 6.42 Å². The number of amides is 1. The fourth-order valence-corrected chi connectivity index (χ4v) is 1.57. The van der Waals surface area contributed by atoms with E-state index in [4.69, 9.17) is 10.00 Å². The average molecular weight is 270 g/mol. The maximum Gasteiger partial charge on any atom is 0.238 e. The lowest BCUT2D eigenvalue weighted by Gasteiger charge is -2.11. The van der Waals surface area contributed by atoms with Gasteiger partial charge in [0.05, 0.1) is 11.8 Å². The number of anilines is 1. The molecule has 20 heavy (non-hydrogen) atoms. The maximum absolute atomic E-state index is 13.5. The smallest absolute Gasteiger partial charge is 0.238 e. The summed E-state index contributed by atoms with van der Waals surface area (Å²) in [5.74, 6) is -0.568. The normalized spacial score (nSPS) is 9.60. The molecule has 1 N–H and O–H groups in total. The second-order valence-corrected chi connectivity index (χ2v) is 3.91. The molecule has 0 aliphatic heterocycles. The fourth-order valence-electron chi connectivity index (χ4n) is 1.57. The van der Waals surface area contributed by atoms with Crippen molar-refractivity contribution in [1.82, 2.24) is 0 Å². The van der Waals surface area contributed by atoms with Crippen LogP contribution >= 0.6 is 0 Å². The Morgan fingerprint density at radius 2 is 1.80 bits per heavy atom. The van der Waals surface area contributed by atoms with E-state index in [9.17, 15) is 9.18 Å². The summed E-state index contributed by atoms with van der Waals surface area (Å²) in [5, 5.41) is 11.0. The number of carbonyl (C=O) groups is 1. The molecule has 0 spiro atoms. The van der Waals surface area contributed by atoms with Crippen LogP contribution in [-0.2, 0) is 4.79 Å². The molecule has 2 rings (SSSR count). The molecule has 0 unspecified atom stereocenters. The Morgan fingerprint density at radius 3 is 2.50 bits per heavy atom. The van der Waals surface area contributed by atoms with E-state index in [1.54, 1.807) is 42.5 Å². The minimum absolute atomic E-state index is 0.0643. The maximum atomic E-state index is 13.5. The Balaban J connectivity index is 2.22. The van der Waals surface area contributed by atoms with E-state index in [0.29, 0.717) is 11.4 Å². The van der Waals surface area contributed by atoms with Gasteiger partial charge in [-0.25, -0.2) is 4.39 Å². The first kappa shape index (κ1) is 13.6. The van der Waals surface area contributed by atoms with Gasteiger partial charge in [-0.15, -0.1) is 0 Å². The van der Waals surface area contributed by atoms with Crippen molar-refractivity contribution in [3.63, 3.8) is 0 Å². The lowest BCUT2D eigenvalue weighted by molar-refractivity contribution is -0.115. The van der Waals surface area contributed by atoms with Crippen molar-refractivity contribution in [2.75, 3.05) is 5.32 Å². The number of hydrogen-bond donors (Lipinski definition) is 1. The largest absolute Gasteiger partial charge is 0.452 e. The molecule has 0 aliphatic rings. The van der Waals surface area contributed by atoms with E-state index in [-0.39, 0.29) is 12.2 Å². The minimum atomic E-state index is -0.495. The molecule has 2 aromatic carbocycles. The number of hydrogen-bond acceptors (Lipinski definition) is 3. The molecule has 0 bridgehead atoms. The predicted octanol–water partition coefficient (Wildman–Crippen LogP) is 3.47. The minimum Gasteiger partial charge on any atom is -0.452 e. The molecule has 0 saturated carbocycles. The van der Waals surface area contributed by atoms with Crippen molar-refractivity contribution >= 4 is 11.6 Å². The number of benzene rings is 2. The van der Waals surface area contributed by atoms with Crippen LogP contribution in [0.4, 0.5) is 10.1 Å². The summed E-state index contributed by atoms with van der Waals surface area (Å²) in [6.07, 6.45) is -0.256. The standard InChI is InChI=1S/C15H11FN2O2/c16-11-5-1-3-7-13(11)20-14-8-4-2-6-12(14)18-15(19)9-10-17/h1-8H,9H2,(H,18,19). The monoisotopic (exact) mass is 270 g/mol. The number of rotatable bonds is 4. The highest BCUT2D eigenvalue weighted by molar-refractivity contribution is 5.93. The Morgan fingerprint density at radius 1 is 1.15 bits per heavy atom. The number of nitrogens with zero attached hydrogens (tertiary/aromatic N) is 1. The van der Waals surface area contributed by atoms with Gasteiger partial charge in [0.2, 0.25) is 5.91 Å². The van der Waals surface area contributed by atoms with Crippen LogP contribution in [0.5, 0.6) is 11.5 Å². The van der Waals surface area contributed by atoms with Crippen LogP contribution in [0.15, 0.2) is 48.5 Å². The van der Waals surface area contributed by atoms with Gasteiger partial charge in [0, 0.05) is 0 Å². The number of halogens is 1. The van der Waals surface area contributed by atoms with Crippen molar-refractivity contribution in [2.45, 2.75) is 6.42 Å². The van der Waals surface area contributed by atoms with E-state index < -0.39 is 11.7 Å². The molecule has 100 valence electrons. The van der Waals surface area contributed by atoms with Crippen LogP contribution in [-0.4, -0.2) is 5.91 Å². The van der Waals surface area contributed by atoms with Gasteiger partial charge in [-0.1, -0.05) is 24.3 Å². The Kier molecular flexibility index (Phi) is 4.30. The van der Waals surface area contributed by atoms with Gasteiger partial charge in [-0.2, -0.15) is 5.26 Å². The third-order valence-electron chi connectivity index (χ3n) is 2.46. The van der Waals surface area contributed by atoms with Gasteiger partial charge >= 0.3 is 0 Å². The van der Waals surface area contributed by atoms with Gasteiger partial charge in [-0.3, -0.25) is 4.79 Å². The van der Waals surface area contributed by atoms with E-state index in [2.05, 4.69) is 5.32 Å². The third-order valence-corrected chi connectivity index (χ3v) is 2.46. The highest BCUT2D eigenvalue weighted by Gasteiger charge is 2.10. The molecule has 0 heterocycles. The number of para-hydroxylation sites is 3. The van der Waals surface area contributed by atoms with Crippen molar-refractivity contribution < 1.29 is 13.9 Å². The first-order valence-corrected chi connectivity index (χ1v) is 5.89. The topological polar surface area (TPSA) is 62.1 Å². The molecule has 4 nitrogen and oxygen atoms in total. The highest BCUT2D eigenvalue weighted by atomic mass is 19.1. The molecule has 1 amide bonds. The zero-order chi connectivity index (χ0) is 14.4. The number of carbonyl (C=O) groups excluding carboxylic acids is 1. The van der Waals surface area contributed by atoms with Crippen molar-refractivity contribution in [1.29, 1.82) is 5.26 Å². The van der Waals surface area contributed by atoms with Crippen molar-refractivity contribution in [3.8, 4) is 17.6 Å². The van der Waals surface area contributed by atoms with Crippen LogP contribution in [0.2, 0.25) is 0 Å². The van der Waals surface area contributed by atoms with Crippen molar-refractivity contribution in [2.24, 2.45) is 0 Å². The van der Waals surface area contributed by atoms with Crippen molar-refractivity contribution in [3.05, 3.63) is 54.3 Å². The average Bonchev–Trinajstić information content (AvgIpc) is 2.44. The second kappa shape index (κ2) is 6.34.